The molecule has 10 heteroatoms. The van der Waals surface area contributed by atoms with E-state index in [2.05, 4.69) is 24.7 Å². The molecule has 0 radical (unpaired) electrons. The van der Waals surface area contributed by atoms with Crippen LogP contribution in [0.15, 0.2) is 11.4 Å². The van der Waals surface area contributed by atoms with Crippen molar-refractivity contribution in [2.24, 2.45) is 5.84 Å². The first-order valence-electron chi connectivity index (χ1n) is 5.07. The summed E-state index contributed by atoms with van der Waals surface area (Å²) in [7, 11) is 1.30. The van der Waals surface area contributed by atoms with Gasteiger partial charge >= 0.3 is 11.9 Å². The number of carbonyl (C=O) groups excluding carboxylic acids is 2. The summed E-state index contributed by atoms with van der Waals surface area (Å²) in [5.41, 5.74) is 2.75. The second-order valence-electron chi connectivity index (χ2n) is 3.30. The Kier molecular flexibility index (Phi) is 3.92. The van der Waals surface area contributed by atoms with Gasteiger partial charge in [-0.1, -0.05) is 11.8 Å². The van der Waals surface area contributed by atoms with Gasteiger partial charge in [0.1, 0.15) is 16.9 Å². The third-order valence-electron chi connectivity index (χ3n) is 2.15. The zero-order chi connectivity index (χ0) is 13.8. The highest BCUT2D eigenvalue weighted by Crippen LogP contribution is 2.22. The van der Waals surface area contributed by atoms with Gasteiger partial charge in [-0.2, -0.15) is 0 Å². The summed E-state index contributed by atoms with van der Waals surface area (Å²) in [5, 5.41) is 0.499. The minimum absolute atomic E-state index is 0.0259. The van der Waals surface area contributed by atoms with E-state index in [0.717, 1.165) is 11.8 Å². The second kappa shape index (κ2) is 5.63. The zero-order valence-corrected chi connectivity index (χ0v) is 10.7. The van der Waals surface area contributed by atoms with Crippen molar-refractivity contribution in [3.8, 4) is 0 Å². The maximum atomic E-state index is 11.3. The van der Waals surface area contributed by atoms with Crippen molar-refractivity contribution in [3.63, 3.8) is 0 Å². The Balaban J connectivity index is 2.31. The van der Waals surface area contributed by atoms with Gasteiger partial charge in [-0.3, -0.25) is 15.0 Å². The number of imidazole rings is 1. The number of carbonyl (C=O) groups is 2. The Morgan fingerprint density at radius 2 is 2.32 bits per heavy atom. The van der Waals surface area contributed by atoms with E-state index in [0.29, 0.717) is 16.2 Å². The number of nitrogens with two attached hydrogens (primary N) is 1. The fourth-order valence-corrected chi connectivity index (χ4v) is 2.06. The number of amides is 1. The van der Waals surface area contributed by atoms with E-state index < -0.39 is 5.91 Å². The van der Waals surface area contributed by atoms with Crippen LogP contribution < -0.4 is 11.3 Å². The van der Waals surface area contributed by atoms with Gasteiger partial charge in [0.25, 0.3) is 0 Å². The number of hydrogen-bond acceptors (Lipinski definition) is 8. The fraction of sp³-hybridized carbons (Fsp3) is 0.222. The zero-order valence-electron chi connectivity index (χ0n) is 9.84. The van der Waals surface area contributed by atoms with Crippen molar-refractivity contribution in [2.75, 3.05) is 12.9 Å². The van der Waals surface area contributed by atoms with Gasteiger partial charge in [-0.25, -0.2) is 20.8 Å². The molecule has 0 bridgehead atoms. The molecule has 2 heterocycles. The normalized spacial score (nSPS) is 10.4. The van der Waals surface area contributed by atoms with Crippen LogP contribution >= 0.6 is 11.8 Å². The molecular weight excluding hydrogens is 272 g/mol. The number of hydrazine groups is 1. The average Bonchev–Trinajstić information content (AvgIpc) is 2.88. The fourth-order valence-electron chi connectivity index (χ4n) is 1.28. The molecule has 0 aliphatic rings. The van der Waals surface area contributed by atoms with Gasteiger partial charge in [0.2, 0.25) is 0 Å². The summed E-state index contributed by atoms with van der Waals surface area (Å²) in [6.07, 6.45) is 1.30. The van der Waals surface area contributed by atoms with Crippen LogP contribution in [0.1, 0.15) is 10.6 Å². The van der Waals surface area contributed by atoms with Crippen molar-refractivity contribution in [1.29, 1.82) is 0 Å². The maximum absolute atomic E-state index is 11.3. The van der Waals surface area contributed by atoms with Crippen LogP contribution in [0, 0.1) is 0 Å². The van der Waals surface area contributed by atoms with E-state index >= 15 is 0 Å². The Bertz CT molecular complexity index is 627. The van der Waals surface area contributed by atoms with Crippen molar-refractivity contribution in [1.82, 2.24) is 25.4 Å². The maximum Gasteiger partial charge on any atom is 0.316 e. The number of fused-ring (bicyclic) bond motifs is 1. The molecular formula is C9H10N6O3S. The lowest BCUT2D eigenvalue weighted by atomic mass is 10.6. The van der Waals surface area contributed by atoms with E-state index in [-0.39, 0.29) is 17.5 Å². The number of thioether (sulfide) groups is 1. The van der Waals surface area contributed by atoms with Crippen molar-refractivity contribution in [2.45, 2.75) is 5.03 Å². The third-order valence-corrected chi connectivity index (χ3v) is 3.12. The third kappa shape index (κ3) is 2.80. The Hall–Kier alpha value is -2.20. The number of hydrogen-bond donors (Lipinski definition) is 3. The summed E-state index contributed by atoms with van der Waals surface area (Å²) < 4.78 is 4.54. The van der Waals surface area contributed by atoms with Gasteiger partial charge < -0.3 is 9.72 Å². The minimum atomic E-state index is -0.568. The summed E-state index contributed by atoms with van der Waals surface area (Å²) in [6.45, 7) is 0. The molecule has 4 N–H and O–H groups in total. The number of methoxy groups -OCH3 is 1. The SMILES string of the molecule is COC(=O)CSc1ncnc2nc(C(=O)NN)[nH]c12. The predicted molar refractivity (Wildman–Crippen MR) is 66.1 cm³/mol. The molecule has 0 saturated heterocycles. The number of esters is 1. The first kappa shape index (κ1) is 13.2. The lowest BCUT2D eigenvalue weighted by Gasteiger charge is -1.99. The number of nitrogens with zero attached hydrogens (tertiary/aromatic N) is 3. The lowest BCUT2D eigenvalue weighted by Crippen LogP contribution is -2.30. The molecule has 19 heavy (non-hydrogen) atoms. The molecule has 2 rings (SSSR count). The largest absolute Gasteiger partial charge is 0.468 e. The molecule has 0 unspecified atom stereocenters. The highest BCUT2D eigenvalue weighted by atomic mass is 32.2. The van der Waals surface area contributed by atoms with Gasteiger partial charge in [0, 0.05) is 0 Å². The quantitative estimate of drug-likeness (QED) is 0.166. The van der Waals surface area contributed by atoms with E-state index in [1.165, 1.54) is 13.4 Å². The van der Waals surface area contributed by atoms with Crippen LogP contribution in [0.3, 0.4) is 0 Å². The van der Waals surface area contributed by atoms with E-state index in [9.17, 15) is 9.59 Å². The number of rotatable bonds is 4. The highest BCUT2D eigenvalue weighted by Gasteiger charge is 2.15. The van der Waals surface area contributed by atoms with Crippen molar-refractivity contribution >= 4 is 34.8 Å². The van der Waals surface area contributed by atoms with Gasteiger partial charge in [-0.15, -0.1) is 0 Å². The number of nitrogens with one attached hydrogen (secondary N) is 2. The molecule has 0 fully saturated rings. The lowest BCUT2D eigenvalue weighted by molar-refractivity contribution is -0.137. The second-order valence-corrected chi connectivity index (χ2v) is 4.27. The topological polar surface area (TPSA) is 136 Å². The molecule has 0 aliphatic carbocycles. The monoisotopic (exact) mass is 282 g/mol. The highest BCUT2D eigenvalue weighted by molar-refractivity contribution is 8.00. The van der Waals surface area contributed by atoms with Gasteiger partial charge in [0.15, 0.2) is 11.5 Å². The Morgan fingerprint density at radius 3 is 3.00 bits per heavy atom. The molecule has 0 aliphatic heterocycles. The van der Waals surface area contributed by atoms with Gasteiger partial charge in [0.05, 0.1) is 12.9 Å². The molecule has 0 spiro atoms. The van der Waals surface area contributed by atoms with Crippen LogP contribution in [-0.4, -0.2) is 44.7 Å². The van der Waals surface area contributed by atoms with Gasteiger partial charge in [-0.05, 0) is 0 Å². The smallest absolute Gasteiger partial charge is 0.316 e. The average molecular weight is 282 g/mol. The van der Waals surface area contributed by atoms with Crippen LogP contribution in [0.25, 0.3) is 11.2 Å². The molecule has 1 amide bonds. The molecule has 9 nitrogen and oxygen atoms in total. The van der Waals surface area contributed by atoms with Crippen LogP contribution in [0.4, 0.5) is 0 Å². The first-order chi connectivity index (χ1) is 9.15. The van der Waals surface area contributed by atoms with Crippen LogP contribution in [0.2, 0.25) is 0 Å². The Labute approximate surface area is 111 Å². The summed E-state index contributed by atoms with van der Waals surface area (Å²) in [4.78, 5) is 37.1. The predicted octanol–water partition coefficient (Wildman–Crippen LogP) is -0.778. The minimum Gasteiger partial charge on any atom is -0.468 e. The number of aromatic amines is 1. The van der Waals surface area contributed by atoms with Crippen LogP contribution in [-0.2, 0) is 9.53 Å². The van der Waals surface area contributed by atoms with E-state index in [1.807, 2.05) is 5.43 Å². The summed E-state index contributed by atoms with van der Waals surface area (Å²) >= 11 is 1.16. The molecule has 0 saturated carbocycles. The Morgan fingerprint density at radius 1 is 1.53 bits per heavy atom. The molecule has 2 aromatic heterocycles. The van der Waals surface area contributed by atoms with Crippen molar-refractivity contribution < 1.29 is 14.3 Å². The summed E-state index contributed by atoms with van der Waals surface area (Å²) in [5.74, 6) is 4.20. The van der Waals surface area contributed by atoms with E-state index in [4.69, 9.17) is 5.84 Å². The standard InChI is InChI=1S/C9H10N6O3S/c1-18-4(16)2-19-9-5-6(11-3-12-9)14-7(13-5)8(17)15-10/h3H,2,10H2,1H3,(H,15,17)(H,11,12,13,14). The van der Waals surface area contributed by atoms with Crippen molar-refractivity contribution in [3.05, 3.63) is 12.2 Å². The molecule has 0 atom stereocenters. The number of aromatic nitrogens is 4. The molecule has 2 aromatic rings. The number of H-pyrrole nitrogens is 1. The first-order valence-corrected chi connectivity index (χ1v) is 6.05. The van der Waals surface area contributed by atoms with Crippen LogP contribution in [0.5, 0.6) is 0 Å². The van der Waals surface area contributed by atoms with E-state index in [1.54, 1.807) is 0 Å². The number of nitrogen functional groups attached to an aromatic ring is 1. The molecule has 0 aromatic carbocycles. The molecule has 100 valence electrons. The summed E-state index contributed by atoms with van der Waals surface area (Å²) in [6, 6.07) is 0. The number of ether oxygens (including phenoxy) is 1.